The standard InChI is InChI=1S/C25H29Cl2N7O/c1-15-13-32(9-7-22(15)33-8-3-4-18(33)14-35)23-12-29-24-21(11-28)31-34(25(24)30-23)16(2)19-6-5-17(26)10-20(19)27/h5-6,10,12,15-16,18,22,35H,3-4,7-9,13-14H2,1-2H3/t15-,16-,18?,22+/m1/s1. The minimum atomic E-state index is -0.260. The number of nitriles is 1. The lowest BCUT2D eigenvalue weighted by molar-refractivity contribution is 0.0800. The zero-order chi connectivity index (χ0) is 24.7. The van der Waals surface area contributed by atoms with Crippen molar-refractivity contribution in [1.82, 2.24) is 24.6 Å². The molecule has 1 N–H and O–H groups in total. The van der Waals surface area contributed by atoms with Crippen LogP contribution in [0.25, 0.3) is 11.2 Å². The predicted octanol–water partition coefficient (Wildman–Crippen LogP) is 4.29. The number of likely N-dealkylation sites (tertiary alicyclic amines) is 1. The smallest absolute Gasteiger partial charge is 0.190 e. The van der Waals surface area contributed by atoms with Crippen molar-refractivity contribution in [2.45, 2.75) is 51.2 Å². The lowest BCUT2D eigenvalue weighted by atomic mass is 9.92. The van der Waals surface area contributed by atoms with Gasteiger partial charge in [0.15, 0.2) is 11.3 Å². The highest BCUT2D eigenvalue weighted by atomic mass is 35.5. The molecular formula is C25H29Cl2N7O. The number of hydrogen-bond acceptors (Lipinski definition) is 7. The lowest BCUT2D eigenvalue weighted by Crippen LogP contribution is -2.52. The van der Waals surface area contributed by atoms with Gasteiger partial charge in [-0.2, -0.15) is 10.4 Å². The third kappa shape index (κ3) is 4.47. The molecule has 0 spiro atoms. The molecule has 8 nitrogen and oxygen atoms in total. The summed E-state index contributed by atoms with van der Waals surface area (Å²) < 4.78 is 1.73. The van der Waals surface area contributed by atoms with E-state index in [1.54, 1.807) is 23.0 Å². The Labute approximate surface area is 215 Å². The van der Waals surface area contributed by atoms with Gasteiger partial charge in [-0.3, -0.25) is 4.90 Å². The topological polar surface area (TPSA) is 94.1 Å². The van der Waals surface area contributed by atoms with Gasteiger partial charge in [-0.25, -0.2) is 14.6 Å². The fraction of sp³-hybridized carbons (Fsp3) is 0.520. The number of aromatic nitrogens is 4. The van der Waals surface area contributed by atoms with Crippen LogP contribution in [0.3, 0.4) is 0 Å². The molecule has 0 amide bonds. The van der Waals surface area contributed by atoms with Gasteiger partial charge in [0.25, 0.3) is 0 Å². The van der Waals surface area contributed by atoms with Crippen LogP contribution < -0.4 is 4.90 Å². The molecule has 0 aliphatic carbocycles. The highest BCUT2D eigenvalue weighted by Crippen LogP contribution is 2.33. The van der Waals surface area contributed by atoms with Crippen molar-refractivity contribution in [1.29, 1.82) is 5.26 Å². The first-order valence-electron chi connectivity index (χ1n) is 12.1. The van der Waals surface area contributed by atoms with E-state index in [9.17, 15) is 10.4 Å². The second-order valence-electron chi connectivity index (χ2n) is 9.64. The van der Waals surface area contributed by atoms with Crippen molar-refractivity contribution < 1.29 is 5.11 Å². The van der Waals surface area contributed by atoms with Gasteiger partial charge in [0.05, 0.1) is 18.8 Å². The maximum absolute atomic E-state index is 9.77. The largest absolute Gasteiger partial charge is 0.395 e. The molecule has 5 rings (SSSR count). The van der Waals surface area contributed by atoms with Crippen molar-refractivity contribution in [2.24, 2.45) is 5.92 Å². The Bertz CT molecular complexity index is 1270. The van der Waals surface area contributed by atoms with E-state index in [0.29, 0.717) is 33.2 Å². The van der Waals surface area contributed by atoms with Crippen LogP contribution in [-0.4, -0.2) is 68.1 Å². The van der Waals surface area contributed by atoms with Crippen LogP contribution in [0.4, 0.5) is 5.82 Å². The van der Waals surface area contributed by atoms with E-state index < -0.39 is 0 Å². The maximum atomic E-state index is 9.77. The number of piperidine rings is 1. The van der Waals surface area contributed by atoms with Crippen LogP contribution in [0.1, 0.15) is 50.4 Å². The maximum Gasteiger partial charge on any atom is 0.190 e. The zero-order valence-electron chi connectivity index (χ0n) is 19.9. The average molecular weight is 514 g/mol. The summed E-state index contributed by atoms with van der Waals surface area (Å²) in [5, 5.41) is 25.0. The summed E-state index contributed by atoms with van der Waals surface area (Å²) in [5.74, 6) is 1.21. The Morgan fingerprint density at radius 1 is 1.26 bits per heavy atom. The second kappa shape index (κ2) is 9.90. The molecular weight excluding hydrogens is 485 g/mol. The van der Waals surface area contributed by atoms with E-state index in [-0.39, 0.29) is 24.4 Å². The number of benzene rings is 1. The summed E-state index contributed by atoms with van der Waals surface area (Å²) in [6, 6.07) is 8.00. The Balaban J connectivity index is 1.44. The third-order valence-corrected chi connectivity index (χ3v) is 8.08. The summed E-state index contributed by atoms with van der Waals surface area (Å²) in [4.78, 5) is 14.3. The number of halogens is 2. The molecule has 0 radical (unpaired) electrons. The first-order chi connectivity index (χ1) is 16.9. The van der Waals surface area contributed by atoms with Gasteiger partial charge >= 0.3 is 0 Å². The average Bonchev–Trinajstić information content (AvgIpc) is 3.47. The Morgan fingerprint density at radius 3 is 2.80 bits per heavy atom. The molecule has 4 atom stereocenters. The van der Waals surface area contributed by atoms with Crippen LogP contribution in [0, 0.1) is 17.2 Å². The highest BCUT2D eigenvalue weighted by Gasteiger charge is 2.36. The molecule has 3 aromatic rings. The molecule has 2 aromatic heterocycles. The molecule has 2 aliphatic heterocycles. The van der Waals surface area contributed by atoms with Crippen molar-refractivity contribution in [3.63, 3.8) is 0 Å². The molecule has 1 unspecified atom stereocenters. The summed E-state index contributed by atoms with van der Waals surface area (Å²) >= 11 is 12.6. The van der Waals surface area contributed by atoms with E-state index in [1.807, 2.05) is 13.0 Å². The molecule has 4 heterocycles. The van der Waals surface area contributed by atoms with Crippen LogP contribution in [-0.2, 0) is 0 Å². The van der Waals surface area contributed by atoms with Crippen molar-refractivity contribution in [2.75, 3.05) is 31.1 Å². The highest BCUT2D eigenvalue weighted by molar-refractivity contribution is 6.35. The Kier molecular flexibility index (Phi) is 6.86. The van der Waals surface area contributed by atoms with Crippen molar-refractivity contribution in [3.05, 3.63) is 45.7 Å². The first-order valence-corrected chi connectivity index (χ1v) is 12.9. The SMILES string of the molecule is C[C@@H]1CN(c2cnc3c(C#N)nn([C@H](C)c4ccc(Cl)cc4Cl)c3n2)CC[C@@H]1N1CCCC1CO. The molecule has 184 valence electrons. The van der Waals surface area contributed by atoms with Gasteiger partial charge in [0, 0.05) is 35.2 Å². The van der Waals surface area contributed by atoms with Gasteiger partial charge in [-0.1, -0.05) is 36.2 Å². The van der Waals surface area contributed by atoms with Gasteiger partial charge in [-0.05, 0) is 56.3 Å². The van der Waals surface area contributed by atoms with Crippen LogP contribution in [0.5, 0.6) is 0 Å². The van der Waals surface area contributed by atoms with E-state index in [1.165, 1.54) is 0 Å². The van der Waals surface area contributed by atoms with Gasteiger partial charge < -0.3 is 10.0 Å². The number of hydrogen-bond donors (Lipinski definition) is 1. The summed E-state index contributed by atoms with van der Waals surface area (Å²) in [7, 11) is 0. The molecule has 0 bridgehead atoms. The van der Waals surface area contributed by atoms with Gasteiger partial charge in [0.1, 0.15) is 17.4 Å². The quantitative estimate of drug-likeness (QED) is 0.543. The van der Waals surface area contributed by atoms with Crippen molar-refractivity contribution >= 4 is 40.2 Å². The number of aliphatic hydroxyl groups excluding tert-OH is 1. The second-order valence-corrected chi connectivity index (χ2v) is 10.5. The number of rotatable bonds is 5. The van der Waals surface area contributed by atoms with Gasteiger partial charge in [-0.15, -0.1) is 0 Å². The van der Waals surface area contributed by atoms with Crippen LogP contribution in [0.15, 0.2) is 24.4 Å². The minimum Gasteiger partial charge on any atom is -0.395 e. The lowest BCUT2D eigenvalue weighted by Gasteiger charge is -2.43. The van der Waals surface area contributed by atoms with Crippen LogP contribution in [0.2, 0.25) is 10.0 Å². The predicted molar refractivity (Wildman–Crippen MR) is 137 cm³/mol. The zero-order valence-corrected chi connectivity index (χ0v) is 21.4. The van der Waals surface area contributed by atoms with E-state index in [0.717, 1.165) is 50.3 Å². The fourth-order valence-electron chi connectivity index (χ4n) is 5.69. The normalized spacial score (nSPS) is 24.1. The third-order valence-electron chi connectivity index (χ3n) is 7.52. The number of nitrogens with zero attached hydrogens (tertiary/aromatic N) is 7. The Hall–Kier alpha value is -2.44. The minimum absolute atomic E-state index is 0.232. The number of anilines is 1. The molecule has 35 heavy (non-hydrogen) atoms. The molecule has 2 aliphatic rings. The van der Waals surface area contributed by atoms with Crippen molar-refractivity contribution in [3.8, 4) is 6.07 Å². The molecule has 2 saturated heterocycles. The first kappa shape index (κ1) is 24.3. The summed E-state index contributed by atoms with van der Waals surface area (Å²) in [6.07, 6.45) is 4.99. The molecule has 2 fully saturated rings. The van der Waals surface area contributed by atoms with Gasteiger partial charge in [0.2, 0.25) is 0 Å². The number of aliphatic hydroxyl groups is 1. The monoisotopic (exact) mass is 513 g/mol. The fourth-order valence-corrected chi connectivity index (χ4v) is 6.26. The summed E-state index contributed by atoms with van der Waals surface area (Å²) in [5.41, 5.74) is 2.13. The van der Waals surface area contributed by atoms with E-state index in [2.05, 4.69) is 32.9 Å². The molecule has 0 saturated carbocycles. The number of fused-ring (bicyclic) bond motifs is 1. The summed E-state index contributed by atoms with van der Waals surface area (Å²) in [6.45, 7) is 7.26. The molecule has 1 aromatic carbocycles. The molecule has 10 heteroatoms. The Morgan fingerprint density at radius 2 is 2.09 bits per heavy atom. The van der Waals surface area contributed by atoms with Crippen LogP contribution >= 0.6 is 23.2 Å². The van der Waals surface area contributed by atoms with E-state index >= 15 is 0 Å². The van der Waals surface area contributed by atoms with E-state index in [4.69, 9.17) is 28.2 Å².